The van der Waals surface area contributed by atoms with Crippen LogP contribution in [0.3, 0.4) is 0 Å². The van der Waals surface area contributed by atoms with Crippen LogP contribution in [0.1, 0.15) is 55.9 Å². The van der Waals surface area contributed by atoms with Crippen LogP contribution in [0, 0.1) is 12.8 Å². The summed E-state index contributed by atoms with van der Waals surface area (Å²) in [7, 11) is -4.18. The maximum absolute atomic E-state index is 14.6. The standard InChI is InChI=1S/C38H44ClN3O4S/c1-27(2)24-40-38(44)36(23-30-11-7-6-8-12-30)41(25-32-13-9-10-14-35(32)39)37(43)26-42(33-19-17-31(18-20-33)28(3)4)47(45,46)34-21-15-29(5)16-22-34/h6-22,27-28,36H,23-26H2,1-5H3,(H,40,44)/t36-/m0/s1. The topological polar surface area (TPSA) is 86.8 Å². The fraction of sp³-hybridized carbons (Fsp3) is 0.316. The van der Waals surface area contributed by atoms with Crippen LogP contribution in [0.25, 0.3) is 0 Å². The average Bonchev–Trinajstić information content (AvgIpc) is 3.05. The van der Waals surface area contributed by atoms with Gasteiger partial charge in [-0.3, -0.25) is 13.9 Å². The van der Waals surface area contributed by atoms with Gasteiger partial charge in [-0.1, -0.05) is 118 Å². The molecule has 0 saturated carbocycles. The summed E-state index contributed by atoms with van der Waals surface area (Å²) in [5.74, 6) is -0.429. The van der Waals surface area contributed by atoms with E-state index in [0.717, 1.165) is 21.0 Å². The minimum atomic E-state index is -4.18. The number of hydrogen-bond acceptors (Lipinski definition) is 4. The first kappa shape index (κ1) is 35.7. The molecule has 0 spiro atoms. The number of halogens is 1. The van der Waals surface area contributed by atoms with Gasteiger partial charge in [-0.05, 0) is 65.8 Å². The van der Waals surface area contributed by atoms with E-state index in [0.29, 0.717) is 22.8 Å². The van der Waals surface area contributed by atoms with Gasteiger partial charge in [-0.15, -0.1) is 0 Å². The predicted molar refractivity (Wildman–Crippen MR) is 190 cm³/mol. The average molecular weight is 674 g/mol. The van der Waals surface area contributed by atoms with Gasteiger partial charge in [-0.2, -0.15) is 0 Å². The highest BCUT2D eigenvalue weighted by molar-refractivity contribution is 7.92. The molecule has 0 heterocycles. The minimum absolute atomic E-state index is 0.00973. The van der Waals surface area contributed by atoms with Crippen LogP contribution in [0.5, 0.6) is 0 Å². The van der Waals surface area contributed by atoms with E-state index in [4.69, 9.17) is 11.6 Å². The highest BCUT2D eigenvalue weighted by Crippen LogP contribution is 2.28. The SMILES string of the molecule is Cc1ccc(S(=O)(=O)N(CC(=O)N(Cc2ccccc2Cl)[C@@H](Cc2ccccc2)C(=O)NCC(C)C)c2ccc(C(C)C)cc2)cc1. The summed E-state index contributed by atoms with van der Waals surface area (Å²) in [6, 6.07) is 29.4. The van der Waals surface area contributed by atoms with Crippen LogP contribution in [0.2, 0.25) is 5.02 Å². The Labute approximate surface area is 284 Å². The van der Waals surface area contributed by atoms with Crippen LogP contribution < -0.4 is 9.62 Å². The molecule has 4 aromatic carbocycles. The number of aryl methyl sites for hydroxylation is 1. The number of carbonyl (C=O) groups excluding carboxylic acids is 2. The van der Waals surface area contributed by atoms with Crippen molar-refractivity contribution in [1.29, 1.82) is 0 Å². The summed E-state index contributed by atoms with van der Waals surface area (Å²) in [4.78, 5) is 30.1. The number of sulfonamides is 1. The van der Waals surface area contributed by atoms with Crippen molar-refractivity contribution in [2.24, 2.45) is 5.92 Å². The molecular formula is C38H44ClN3O4S. The molecule has 0 unspecified atom stereocenters. The normalized spacial score (nSPS) is 12.2. The number of hydrogen-bond donors (Lipinski definition) is 1. The van der Waals surface area contributed by atoms with Crippen molar-refractivity contribution in [3.8, 4) is 0 Å². The summed E-state index contributed by atoms with van der Waals surface area (Å²) in [6.07, 6.45) is 0.231. The van der Waals surface area contributed by atoms with Crippen LogP contribution >= 0.6 is 11.6 Å². The lowest BCUT2D eigenvalue weighted by atomic mass is 10.0. The third kappa shape index (κ3) is 9.46. The summed E-state index contributed by atoms with van der Waals surface area (Å²) in [6.45, 7) is 9.90. The van der Waals surface area contributed by atoms with E-state index >= 15 is 0 Å². The van der Waals surface area contributed by atoms with Crippen molar-refractivity contribution in [2.75, 3.05) is 17.4 Å². The fourth-order valence-electron chi connectivity index (χ4n) is 5.18. The van der Waals surface area contributed by atoms with E-state index < -0.39 is 28.5 Å². The lowest BCUT2D eigenvalue weighted by Gasteiger charge is -2.34. The summed E-state index contributed by atoms with van der Waals surface area (Å²) in [5.41, 5.74) is 3.81. The molecule has 0 aliphatic heterocycles. The second kappa shape index (κ2) is 16.1. The zero-order valence-corrected chi connectivity index (χ0v) is 29.3. The highest BCUT2D eigenvalue weighted by Gasteiger charge is 2.35. The molecule has 4 aromatic rings. The number of anilines is 1. The fourth-order valence-corrected chi connectivity index (χ4v) is 6.79. The van der Waals surface area contributed by atoms with Crippen LogP contribution in [-0.4, -0.2) is 44.3 Å². The summed E-state index contributed by atoms with van der Waals surface area (Å²) < 4.78 is 29.7. The van der Waals surface area contributed by atoms with Gasteiger partial charge < -0.3 is 10.2 Å². The van der Waals surface area contributed by atoms with Gasteiger partial charge in [0.1, 0.15) is 12.6 Å². The Morgan fingerprint density at radius 2 is 1.43 bits per heavy atom. The quantitative estimate of drug-likeness (QED) is 0.151. The van der Waals surface area contributed by atoms with Gasteiger partial charge in [-0.25, -0.2) is 8.42 Å². The lowest BCUT2D eigenvalue weighted by molar-refractivity contribution is -0.140. The van der Waals surface area contributed by atoms with Crippen LogP contribution in [0.15, 0.2) is 108 Å². The molecule has 0 radical (unpaired) electrons. The Bertz CT molecular complexity index is 1740. The third-order valence-corrected chi connectivity index (χ3v) is 10.1. The largest absolute Gasteiger partial charge is 0.354 e. The number of carbonyl (C=O) groups is 2. The zero-order chi connectivity index (χ0) is 34.1. The van der Waals surface area contributed by atoms with E-state index in [1.165, 1.54) is 4.90 Å². The van der Waals surface area contributed by atoms with Crippen molar-refractivity contribution >= 4 is 39.1 Å². The Balaban J connectivity index is 1.81. The maximum atomic E-state index is 14.6. The highest BCUT2D eigenvalue weighted by atomic mass is 35.5. The van der Waals surface area contributed by atoms with Crippen molar-refractivity contribution < 1.29 is 18.0 Å². The third-order valence-electron chi connectivity index (χ3n) is 7.99. The summed E-state index contributed by atoms with van der Waals surface area (Å²) in [5, 5.41) is 3.45. The molecule has 1 N–H and O–H groups in total. The smallest absolute Gasteiger partial charge is 0.264 e. The number of nitrogens with one attached hydrogen (secondary N) is 1. The zero-order valence-electron chi connectivity index (χ0n) is 27.7. The van der Waals surface area contributed by atoms with Gasteiger partial charge in [0, 0.05) is 24.5 Å². The minimum Gasteiger partial charge on any atom is -0.354 e. The van der Waals surface area contributed by atoms with Gasteiger partial charge in [0.25, 0.3) is 10.0 Å². The Morgan fingerprint density at radius 3 is 2.02 bits per heavy atom. The van der Waals surface area contributed by atoms with Gasteiger partial charge >= 0.3 is 0 Å². The molecule has 0 aliphatic carbocycles. The number of rotatable bonds is 14. The van der Waals surface area contributed by atoms with Crippen molar-refractivity contribution in [1.82, 2.24) is 10.2 Å². The van der Waals surface area contributed by atoms with Crippen molar-refractivity contribution in [2.45, 2.75) is 64.4 Å². The molecule has 7 nitrogen and oxygen atoms in total. The van der Waals surface area contributed by atoms with E-state index in [1.807, 2.05) is 69.3 Å². The molecule has 1 atom stereocenters. The molecule has 0 aromatic heterocycles. The number of amides is 2. The van der Waals surface area contributed by atoms with E-state index in [1.54, 1.807) is 54.6 Å². The van der Waals surface area contributed by atoms with E-state index in [-0.39, 0.29) is 35.6 Å². The second-order valence-corrected chi connectivity index (χ2v) is 14.8. The molecule has 0 saturated heterocycles. The number of benzene rings is 4. The first-order valence-electron chi connectivity index (χ1n) is 15.9. The molecule has 2 amide bonds. The monoisotopic (exact) mass is 673 g/mol. The van der Waals surface area contributed by atoms with Gasteiger partial charge in [0.2, 0.25) is 11.8 Å². The molecule has 0 fully saturated rings. The number of nitrogens with zero attached hydrogens (tertiary/aromatic N) is 2. The van der Waals surface area contributed by atoms with Crippen molar-refractivity contribution in [3.63, 3.8) is 0 Å². The maximum Gasteiger partial charge on any atom is 0.264 e. The Kier molecular flexibility index (Phi) is 12.2. The Hall–Kier alpha value is -4.14. The van der Waals surface area contributed by atoms with Crippen molar-refractivity contribution in [3.05, 3.63) is 130 Å². The lowest BCUT2D eigenvalue weighted by Crippen LogP contribution is -2.53. The summed E-state index contributed by atoms with van der Waals surface area (Å²) >= 11 is 6.58. The van der Waals surface area contributed by atoms with Crippen LogP contribution in [0.4, 0.5) is 5.69 Å². The molecule has 4 rings (SSSR count). The van der Waals surface area contributed by atoms with E-state index in [9.17, 15) is 18.0 Å². The van der Waals surface area contributed by atoms with Gasteiger partial charge in [0.05, 0.1) is 10.6 Å². The first-order chi connectivity index (χ1) is 22.4. The molecule has 9 heteroatoms. The van der Waals surface area contributed by atoms with E-state index in [2.05, 4.69) is 19.2 Å². The molecular weight excluding hydrogens is 630 g/mol. The first-order valence-corrected chi connectivity index (χ1v) is 17.7. The van der Waals surface area contributed by atoms with Crippen LogP contribution in [-0.2, 0) is 32.6 Å². The molecule has 0 aliphatic rings. The Morgan fingerprint density at radius 1 is 0.809 bits per heavy atom. The molecule has 47 heavy (non-hydrogen) atoms. The second-order valence-electron chi connectivity index (χ2n) is 12.5. The predicted octanol–water partition coefficient (Wildman–Crippen LogP) is 7.38. The van der Waals surface area contributed by atoms with Gasteiger partial charge in [0.15, 0.2) is 0 Å². The molecule has 0 bridgehead atoms. The molecule has 248 valence electrons.